The van der Waals surface area contributed by atoms with E-state index in [0.29, 0.717) is 0 Å². The zero-order chi connectivity index (χ0) is 16.5. The zero-order valence-corrected chi connectivity index (χ0v) is 11.9. The third-order valence-corrected chi connectivity index (χ3v) is 2.61. The molecule has 0 aromatic heterocycles. The van der Waals surface area contributed by atoms with Gasteiger partial charge >= 0.3 is 28.7 Å². The first kappa shape index (κ1) is 24.3. The number of hydrogen-bond donors (Lipinski definition) is 3. The van der Waals surface area contributed by atoms with Crippen LogP contribution in [0.2, 0.25) is 0 Å². The van der Waals surface area contributed by atoms with Crippen LogP contribution < -0.4 is 10.2 Å². The van der Waals surface area contributed by atoms with Gasteiger partial charge in [0.2, 0.25) is 0 Å². The van der Waals surface area contributed by atoms with E-state index >= 15 is 0 Å². The fraction of sp³-hybridized carbons (Fsp3) is 0.500. The van der Waals surface area contributed by atoms with E-state index in [2.05, 4.69) is 0 Å². The van der Waals surface area contributed by atoms with E-state index in [9.17, 15) is 37.8 Å². The van der Waals surface area contributed by atoms with Crippen molar-refractivity contribution in [1.29, 1.82) is 0 Å². The van der Waals surface area contributed by atoms with Gasteiger partial charge in [-0.3, -0.25) is 14.1 Å². The number of rotatable bonds is 7. The first-order chi connectivity index (χ1) is 8.87. The number of carboxylic acids is 4. The van der Waals surface area contributed by atoms with Crippen molar-refractivity contribution in [2.24, 2.45) is 0 Å². The number of carbonyl (C=O) groups excluding carboxylic acids is 2. The molecule has 1 atom stereocenters. The van der Waals surface area contributed by atoms with Gasteiger partial charge in [-0.1, -0.05) is 0 Å². The van der Waals surface area contributed by atoms with Crippen LogP contribution in [0, 0.1) is 0 Å². The molecule has 3 N–H and O–H groups in total. The molecular weight excluding hydrogens is 363 g/mol. The molecule has 0 saturated heterocycles. The van der Waals surface area contributed by atoms with Gasteiger partial charge in [0.1, 0.15) is 5.25 Å². The molecule has 1 radical (unpaired) electrons. The van der Waals surface area contributed by atoms with Crippen molar-refractivity contribution in [3.8, 4) is 0 Å². The Labute approximate surface area is 128 Å². The van der Waals surface area contributed by atoms with Crippen molar-refractivity contribution in [2.75, 3.05) is 0 Å². The van der Waals surface area contributed by atoms with E-state index in [0.717, 1.165) is 0 Å². The molecule has 0 aromatic rings. The Balaban J connectivity index is -0.000000317. The predicted octanol–water partition coefficient (Wildman–Crippen LogP) is -3.93. The van der Waals surface area contributed by atoms with Gasteiger partial charge in [-0.05, 0) is 0 Å². The Morgan fingerprint density at radius 3 is 1.38 bits per heavy atom. The summed E-state index contributed by atoms with van der Waals surface area (Å²) in [5.74, 6) is -6.23. The largest absolute Gasteiger partial charge is 2.00 e. The van der Waals surface area contributed by atoms with Gasteiger partial charge in [-0.15, -0.1) is 0 Å². The second kappa shape index (κ2) is 11.0. The first-order valence-corrected chi connectivity index (χ1v) is 6.18. The summed E-state index contributed by atoms with van der Waals surface area (Å²) in [5, 5.41) is 33.1. The van der Waals surface area contributed by atoms with Gasteiger partial charge in [0.15, 0.2) is 0 Å². The van der Waals surface area contributed by atoms with Gasteiger partial charge in [0, 0.05) is 12.4 Å². The van der Waals surface area contributed by atoms with Crippen LogP contribution in [0.1, 0.15) is 19.3 Å². The number of hydrogen-bond acceptors (Lipinski definition) is 8. The van der Waals surface area contributed by atoms with Crippen LogP contribution in [0.15, 0.2) is 0 Å². The Kier molecular flexibility index (Phi) is 12.8. The maximum atomic E-state index is 10.2. The van der Waals surface area contributed by atoms with Crippen LogP contribution in [-0.2, 0) is 46.1 Å². The molecule has 123 valence electrons. The molecule has 11 nitrogen and oxygen atoms in total. The summed E-state index contributed by atoms with van der Waals surface area (Å²) in [6.07, 6.45) is -1.92. The average molecular weight is 373 g/mol. The summed E-state index contributed by atoms with van der Waals surface area (Å²) >= 11 is 0. The van der Waals surface area contributed by atoms with E-state index in [1.54, 1.807) is 0 Å². The van der Waals surface area contributed by atoms with Gasteiger partial charge in [-0.25, -0.2) is 0 Å². The van der Waals surface area contributed by atoms with Gasteiger partial charge in [0.25, 0.3) is 10.1 Å². The number of aliphatic carboxylic acids is 4. The molecule has 0 aliphatic heterocycles. The molecule has 0 bridgehead atoms. The van der Waals surface area contributed by atoms with Crippen LogP contribution in [0.5, 0.6) is 0 Å². The van der Waals surface area contributed by atoms with Crippen molar-refractivity contribution in [3.63, 3.8) is 0 Å². The van der Waals surface area contributed by atoms with Gasteiger partial charge in [0.05, 0.1) is 18.8 Å². The fourth-order valence-electron chi connectivity index (χ4n) is 0.675. The van der Waals surface area contributed by atoms with E-state index in [4.69, 9.17) is 14.8 Å². The third kappa shape index (κ3) is 16.2. The van der Waals surface area contributed by atoms with E-state index in [1.807, 2.05) is 0 Å². The summed E-state index contributed by atoms with van der Waals surface area (Å²) < 4.78 is 28.5. The molecule has 1 unspecified atom stereocenters. The normalized spacial score (nSPS) is 11.1. The second-order valence-electron chi connectivity index (χ2n) is 3.19. The van der Waals surface area contributed by atoms with Crippen LogP contribution in [-0.4, -0.2) is 52.3 Å². The van der Waals surface area contributed by atoms with Crippen LogP contribution >= 0.6 is 0 Å². The maximum absolute atomic E-state index is 10.2. The van der Waals surface area contributed by atoms with Crippen LogP contribution in [0.3, 0.4) is 0 Å². The Morgan fingerprint density at radius 2 is 1.29 bits per heavy atom. The minimum Gasteiger partial charge on any atom is -0.550 e. The molecule has 0 aliphatic carbocycles. The van der Waals surface area contributed by atoms with Gasteiger partial charge in [-0.2, -0.15) is 8.42 Å². The number of carbonyl (C=O) groups is 4. The third-order valence-electron chi connectivity index (χ3n) is 1.53. The van der Waals surface area contributed by atoms with Crippen molar-refractivity contribution in [2.45, 2.75) is 24.5 Å². The molecule has 13 heteroatoms. The molecule has 0 aliphatic rings. The Hall–Kier alpha value is -1.70. The molecule has 0 amide bonds. The maximum Gasteiger partial charge on any atom is 2.00 e. The van der Waals surface area contributed by atoms with Crippen LogP contribution in [0.4, 0.5) is 0 Å². The smallest absolute Gasteiger partial charge is 0.550 e. The fourth-order valence-corrected chi connectivity index (χ4v) is 1.27. The molecule has 21 heavy (non-hydrogen) atoms. The topological polar surface area (TPSA) is 209 Å². The minimum absolute atomic E-state index is 0. The molecule has 0 rings (SSSR count). The van der Waals surface area contributed by atoms with Crippen molar-refractivity contribution in [1.82, 2.24) is 0 Å². The van der Waals surface area contributed by atoms with E-state index in [-0.39, 0.29) is 29.6 Å². The Morgan fingerprint density at radius 1 is 0.952 bits per heavy atom. The summed E-state index contributed by atoms with van der Waals surface area (Å²) in [7, 11) is -4.94. The molecule has 0 heterocycles. The molecule has 0 aromatic carbocycles. The Bertz CT molecular complexity index is 468. The van der Waals surface area contributed by atoms with Crippen molar-refractivity contribution >= 4 is 34.0 Å². The average Bonchev–Trinajstić information content (AvgIpc) is 2.22. The molecule has 0 saturated carbocycles. The molecule has 0 fully saturated rings. The summed E-state index contributed by atoms with van der Waals surface area (Å²) in [5.41, 5.74) is 0. The van der Waals surface area contributed by atoms with Crippen molar-refractivity contribution < 1.29 is 69.4 Å². The predicted molar refractivity (Wildman–Crippen MR) is 54.5 cm³/mol. The monoisotopic (exact) mass is 373 g/mol. The second-order valence-corrected chi connectivity index (χ2v) is 4.79. The molecular formula is C8H10CoO11S. The number of carboxylic acid groups (broad SMARTS) is 4. The van der Waals surface area contributed by atoms with Gasteiger partial charge < -0.3 is 30.0 Å². The SMILES string of the molecule is O=C(O)CCC(=O)O.O=C([O-])CC(C(=O)[O-])S(=O)(=O)O.[Co+2]. The van der Waals surface area contributed by atoms with Crippen LogP contribution in [0.25, 0.3) is 0 Å². The summed E-state index contributed by atoms with van der Waals surface area (Å²) in [6, 6.07) is 0. The van der Waals surface area contributed by atoms with E-state index < -0.39 is 45.7 Å². The summed E-state index contributed by atoms with van der Waals surface area (Å²) in [4.78, 5) is 39.0. The summed E-state index contributed by atoms with van der Waals surface area (Å²) in [6.45, 7) is 0. The quantitative estimate of drug-likeness (QED) is 0.367. The van der Waals surface area contributed by atoms with Crippen molar-refractivity contribution in [3.05, 3.63) is 0 Å². The standard InChI is InChI=1S/C4H6O7S.C4H6O4.Co/c5-3(6)1-2(4(7)8)12(9,10)11;5-3(6)1-2-4(7)8;/h2H,1H2,(H,5,6)(H,7,8)(H,9,10,11);1-2H2,(H,5,6)(H,7,8);/q;;+2/p-2. The first-order valence-electron chi connectivity index (χ1n) is 4.68. The zero-order valence-electron chi connectivity index (χ0n) is 10.0. The minimum atomic E-state index is -4.94. The van der Waals surface area contributed by atoms with E-state index in [1.165, 1.54) is 0 Å². The molecule has 0 spiro atoms.